The average Bonchev–Trinajstić information content (AvgIpc) is 2.98. The van der Waals surface area contributed by atoms with Gasteiger partial charge < -0.3 is 5.32 Å². The second kappa shape index (κ2) is 6.36. The Balaban J connectivity index is 2.19. The Morgan fingerprint density at radius 2 is 2.22 bits per heavy atom. The molecule has 116 valence electrons. The SMILES string of the molecule is C=CCNC(=O)c1cnc2scc(-c3ccccc3Cl)n2c1=O. The standard InChI is InChI=1S/C16H12ClN3O2S/c1-2-7-18-14(21)11-8-19-16-20(15(11)22)13(9-23-16)10-5-3-4-6-12(10)17/h2-6,8-9H,1,7H2,(H,18,21). The number of hydrogen-bond acceptors (Lipinski definition) is 4. The Kier molecular flexibility index (Phi) is 4.27. The monoisotopic (exact) mass is 345 g/mol. The van der Waals surface area contributed by atoms with E-state index in [1.54, 1.807) is 17.5 Å². The van der Waals surface area contributed by atoms with Gasteiger partial charge in [-0.2, -0.15) is 0 Å². The van der Waals surface area contributed by atoms with Gasteiger partial charge in [0.15, 0.2) is 4.96 Å². The Morgan fingerprint density at radius 1 is 1.43 bits per heavy atom. The number of fused-ring (bicyclic) bond motifs is 1. The predicted octanol–water partition coefficient (Wildman–Crippen LogP) is 2.99. The smallest absolute Gasteiger partial charge is 0.271 e. The molecule has 0 unspecified atom stereocenters. The van der Waals surface area contributed by atoms with Crippen molar-refractivity contribution in [3.05, 3.63) is 69.4 Å². The summed E-state index contributed by atoms with van der Waals surface area (Å²) in [4.78, 5) is 29.5. The molecule has 2 aromatic heterocycles. The van der Waals surface area contributed by atoms with E-state index in [2.05, 4.69) is 16.9 Å². The zero-order valence-electron chi connectivity index (χ0n) is 12.0. The van der Waals surface area contributed by atoms with Crippen LogP contribution in [0.15, 0.2) is 53.3 Å². The van der Waals surface area contributed by atoms with Crippen LogP contribution in [0.5, 0.6) is 0 Å². The highest BCUT2D eigenvalue weighted by atomic mass is 35.5. The number of benzene rings is 1. The van der Waals surface area contributed by atoms with Crippen LogP contribution in [0.1, 0.15) is 10.4 Å². The summed E-state index contributed by atoms with van der Waals surface area (Å²) in [6.45, 7) is 3.81. The van der Waals surface area contributed by atoms with Crippen molar-refractivity contribution in [3.63, 3.8) is 0 Å². The lowest BCUT2D eigenvalue weighted by Gasteiger charge is -2.06. The third kappa shape index (κ3) is 2.78. The summed E-state index contributed by atoms with van der Waals surface area (Å²) in [6.07, 6.45) is 2.84. The first-order valence-corrected chi connectivity index (χ1v) is 8.02. The number of rotatable bonds is 4. The van der Waals surface area contributed by atoms with E-state index in [1.807, 2.05) is 18.2 Å². The molecule has 0 saturated heterocycles. The molecule has 1 aromatic carbocycles. The Morgan fingerprint density at radius 3 is 2.96 bits per heavy atom. The molecule has 0 aliphatic rings. The van der Waals surface area contributed by atoms with Gasteiger partial charge in [0.25, 0.3) is 11.5 Å². The first-order chi connectivity index (χ1) is 11.1. The topological polar surface area (TPSA) is 63.5 Å². The van der Waals surface area contributed by atoms with Gasteiger partial charge in [-0.25, -0.2) is 4.98 Å². The summed E-state index contributed by atoms with van der Waals surface area (Å²) in [5, 5.41) is 4.91. The fourth-order valence-corrected chi connectivity index (χ4v) is 3.25. The summed E-state index contributed by atoms with van der Waals surface area (Å²) in [6, 6.07) is 7.22. The molecule has 3 rings (SSSR count). The predicted molar refractivity (Wildman–Crippen MR) is 92.3 cm³/mol. The molecule has 3 aromatic rings. The molecule has 0 aliphatic heterocycles. The van der Waals surface area contributed by atoms with Crippen LogP contribution in [0.2, 0.25) is 5.02 Å². The molecule has 0 fully saturated rings. The van der Waals surface area contributed by atoms with E-state index < -0.39 is 11.5 Å². The van der Waals surface area contributed by atoms with Gasteiger partial charge in [-0.15, -0.1) is 17.9 Å². The summed E-state index contributed by atoms with van der Waals surface area (Å²) in [7, 11) is 0. The normalized spacial score (nSPS) is 10.7. The van der Waals surface area contributed by atoms with Crippen LogP contribution in [0.3, 0.4) is 0 Å². The van der Waals surface area contributed by atoms with Crippen LogP contribution in [0.25, 0.3) is 16.2 Å². The first-order valence-electron chi connectivity index (χ1n) is 6.76. The number of amides is 1. The van der Waals surface area contributed by atoms with E-state index in [1.165, 1.54) is 21.9 Å². The van der Waals surface area contributed by atoms with Crippen molar-refractivity contribution in [2.45, 2.75) is 0 Å². The number of thiazole rings is 1. The maximum Gasteiger partial charge on any atom is 0.271 e. The van der Waals surface area contributed by atoms with Crippen molar-refractivity contribution in [2.24, 2.45) is 0 Å². The van der Waals surface area contributed by atoms with Gasteiger partial charge in [-0.3, -0.25) is 14.0 Å². The number of aromatic nitrogens is 2. The largest absolute Gasteiger partial charge is 0.348 e. The van der Waals surface area contributed by atoms with Crippen molar-refractivity contribution in [1.29, 1.82) is 0 Å². The number of carbonyl (C=O) groups excluding carboxylic acids is 1. The Labute approximate surface area is 140 Å². The minimum absolute atomic E-state index is 0.0175. The van der Waals surface area contributed by atoms with Crippen LogP contribution in [0.4, 0.5) is 0 Å². The molecule has 23 heavy (non-hydrogen) atoms. The molecular weight excluding hydrogens is 334 g/mol. The van der Waals surface area contributed by atoms with Gasteiger partial charge in [0.05, 0.1) is 5.69 Å². The lowest BCUT2D eigenvalue weighted by atomic mass is 10.2. The lowest BCUT2D eigenvalue weighted by molar-refractivity contribution is 0.0956. The van der Waals surface area contributed by atoms with Gasteiger partial charge in [-0.05, 0) is 6.07 Å². The van der Waals surface area contributed by atoms with E-state index in [0.717, 1.165) is 0 Å². The molecule has 0 aliphatic carbocycles. The minimum Gasteiger partial charge on any atom is -0.348 e. The van der Waals surface area contributed by atoms with Crippen LogP contribution in [-0.4, -0.2) is 21.8 Å². The highest BCUT2D eigenvalue weighted by molar-refractivity contribution is 7.15. The Hall–Kier alpha value is -2.44. The lowest BCUT2D eigenvalue weighted by Crippen LogP contribution is -2.31. The molecule has 0 radical (unpaired) electrons. The maximum absolute atomic E-state index is 12.7. The number of nitrogens with one attached hydrogen (secondary N) is 1. The third-order valence-electron chi connectivity index (χ3n) is 3.25. The van der Waals surface area contributed by atoms with E-state index in [0.29, 0.717) is 21.2 Å². The molecule has 0 saturated carbocycles. The van der Waals surface area contributed by atoms with E-state index in [9.17, 15) is 9.59 Å². The average molecular weight is 346 g/mol. The number of halogens is 1. The molecule has 0 atom stereocenters. The molecule has 7 heteroatoms. The highest BCUT2D eigenvalue weighted by Gasteiger charge is 2.17. The van der Waals surface area contributed by atoms with Crippen LogP contribution in [0, 0.1) is 0 Å². The number of nitrogens with zero attached hydrogens (tertiary/aromatic N) is 2. The van der Waals surface area contributed by atoms with Crippen molar-refractivity contribution in [2.75, 3.05) is 6.54 Å². The zero-order chi connectivity index (χ0) is 16.4. The van der Waals surface area contributed by atoms with Gasteiger partial charge in [-0.1, -0.05) is 35.9 Å². The maximum atomic E-state index is 12.7. The van der Waals surface area contributed by atoms with Crippen molar-refractivity contribution >= 4 is 33.8 Å². The second-order valence-corrected chi connectivity index (χ2v) is 5.94. The van der Waals surface area contributed by atoms with Crippen molar-refractivity contribution in [3.8, 4) is 11.3 Å². The summed E-state index contributed by atoms with van der Waals surface area (Å²) >= 11 is 7.53. The molecule has 1 N–H and O–H groups in total. The number of hydrogen-bond donors (Lipinski definition) is 1. The van der Waals surface area contributed by atoms with Gasteiger partial charge in [0.1, 0.15) is 5.56 Å². The first kappa shape index (κ1) is 15.5. The fraction of sp³-hybridized carbons (Fsp3) is 0.0625. The minimum atomic E-state index is -0.479. The summed E-state index contributed by atoms with van der Waals surface area (Å²) in [5.41, 5.74) is 0.892. The van der Waals surface area contributed by atoms with Gasteiger partial charge in [0, 0.05) is 28.7 Å². The number of carbonyl (C=O) groups is 1. The quantitative estimate of drug-likeness (QED) is 0.739. The van der Waals surface area contributed by atoms with Crippen LogP contribution in [-0.2, 0) is 0 Å². The molecule has 1 amide bonds. The zero-order valence-corrected chi connectivity index (χ0v) is 13.5. The molecule has 5 nitrogen and oxygen atoms in total. The molecule has 0 spiro atoms. The summed E-state index contributed by atoms with van der Waals surface area (Å²) < 4.78 is 1.41. The van der Waals surface area contributed by atoms with Crippen molar-refractivity contribution in [1.82, 2.24) is 14.7 Å². The highest BCUT2D eigenvalue weighted by Crippen LogP contribution is 2.29. The van der Waals surface area contributed by atoms with E-state index >= 15 is 0 Å². The second-order valence-electron chi connectivity index (χ2n) is 4.69. The van der Waals surface area contributed by atoms with E-state index in [-0.39, 0.29) is 12.1 Å². The molecule has 2 heterocycles. The van der Waals surface area contributed by atoms with E-state index in [4.69, 9.17) is 11.6 Å². The van der Waals surface area contributed by atoms with Crippen LogP contribution < -0.4 is 10.9 Å². The third-order valence-corrected chi connectivity index (χ3v) is 4.42. The summed E-state index contributed by atoms with van der Waals surface area (Å²) in [5.74, 6) is -0.479. The fourth-order valence-electron chi connectivity index (χ4n) is 2.17. The molecule has 0 bridgehead atoms. The van der Waals surface area contributed by atoms with Crippen molar-refractivity contribution < 1.29 is 4.79 Å². The van der Waals surface area contributed by atoms with Crippen LogP contribution >= 0.6 is 22.9 Å². The van der Waals surface area contributed by atoms with Gasteiger partial charge in [0.2, 0.25) is 0 Å². The Bertz CT molecular complexity index is 961. The van der Waals surface area contributed by atoms with Gasteiger partial charge >= 0.3 is 0 Å². The molecular formula is C16H12ClN3O2S.